The Bertz CT molecular complexity index is 425. The van der Waals surface area contributed by atoms with E-state index in [1.807, 2.05) is 38.1 Å². The molecule has 20 heavy (non-hydrogen) atoms. The second kappa shape index (κ2) is 7.29. The van der Waals surface area contributed by atoms with Crippen LogP contribution in [-0.2, 0) is 4.79 Å². The van der Waals surface area contributed by atoms with Crippen molar-refractivity contribution in [1.29, 1.82) is 0 Å². The Morgan fingerprint density at radius 1 is 1.45 bits per heavy atom. The number of carbonyl (C=O) groups excluding carboxylic acids is 1. The lowest BCUT2D eigenvalue weighted by molar-refractivity contribution is -0.126. The van der Waals surface area contributed by atoms with Crippen molar-refractivity contribution in [2.45, 2.75) is 32.7 Å². The Balaban J connectivity index is 1.89. The maximum Gasteiger partial charge on any atom is 0.224 e. The Kier molecular flexibility index (Phi) is 5.41. The van der Waals surface area contributed by atoms with E-state index in [4.69, 9.17) is 4.74 Å². The van der Waals surface area contributed by atoms with Gasteiger partial charge in [0.15, 0.2) is 0 Å². The molecule has 1 heterocycles. The molecule has 0 radical (unpaired) electrons. The number of carbonyl (C=O) groups is 1. The highest BCUT2D eigenvalue weighted by molar-refractivity contribution is 5.79. The lowest BCUT2D eigenvalue weighted by Crippen LogP contribution is -2.41. The van der Waals surface area contributed by atoms with Gasteiger partial charge in [0.2, 0.25) is 5.91 Å². The van der Waals surface area contributed by atoms with Crippen molar-refractivity contribution in [2.75, 3.05) is 19.7 Å². The first-order chi connectivity index (χ1) is 9.70. The van der Waals surface area contributed by atoms with Crippen LogP contribution in [0.4, 0.5) is 0 Å². The van der Waals surface area contributed by atoms with Crippen molar-refractivity contribution in [2.24, 2.45) is 5.92 Å². The van der Waals surface area contributed by atoms with Crippen LogP contribution in [0.3, 0.4) is 0 Å². The van der Waals surface area contributed by atoms with Crippen molar-refractivity contribution < 1.29 is 9.53 Å². The molecule has 2 N–H and O–H groups in total. The van der Waals surface area contributed by atoms with Gasteiger partial charge in [0.05, 0.1) is 18.6 Å². The van der Waals surface area contributed by atoms with E-state index < -0.39 is 0 Å². The molecule has 1 fully saturated rings. The van der Waals surface area contributed by atoms with E-state index in [0.717, 1.165) is 37.2 Å². The predicted molar refractivity (Wildman–Crippen MR) is 79.8 cm³/mol. The standard InChI is InChI=1S/C16H24N2O2/c1-3-20-15-8-6-13(7-9-15)12(2)18-16(19)14-5-4-10-17-11-14/h6-9,12,14,17H,3-5,10-11H2,1-2H3,(H,18,19). The van der Waals surface area contributed by atoms with Crippen LogP contribution < -0.4 is 15.4 Å². The molecule has 1 saturated heterocycles. The quantitative estimate of drug-likeness (QED) is 0.867. The molecule has 0 bridgehead atoms. The SMILES string of the molecule is CCOc1ccc(C(C)NC(=O)C2CCCNC2)cc1. The van der Waals surface area contributed by atoms with E-state index in [1.165, 1.54) is 0 Å². The Morgan fingerprint density at radius 3 is 2.80 bits per heavy atom. The van der Waals surface area contributed by atoms with Crippen LogP contribution in [0.5, 0.6) is 5.75 Å². The van der Waals surface area contributed by atoms with Crippen LogP contribution in [-0.4, -0.2) is 25.6 Å². The molecular formula is C16H24N2O2. The third-order valence-corrected chi connectivity index (χ3v) is 3.72. The van der Waals surface area contributed by atoms with E-state index >= 15 is 0 Å². The smallest absolute Gasteiger partial charge is 0.224 e. The third-order valence-electron chi connectivity index (χ3n) is 3.72. The van der Waals surface area contributed by atoms with Crippen LogP contribution in [0.1, 0.15) is 38.3 Å². The second-order valence-electron chi connectivity index (χ2n) is 5.28. The molecule has 0 spiro atoms. The van der Waals surface area contributed by atoms with Gasteiger partial charge in [-0.3, -0.25) is 4.79 Å². The zero-order valence-corrected chi connectivity index (χ0v) is 12.3. The van der Waals surface area contributed by atoms with E-state index in [1.54, 1.807) is 0 Å². The predicted octanol–water partition coefficient (Wildman–Crippen LogP) is 2.26. The van der Waals surface area contributed by atoms with E-state index in [-0.39, 0.29) is 17.9 Å². The number of nitrogens with one attached hydrogen (secondary N) is 2. The van der Waals surface area contributed by atoms with Crippen LogP contribution >= 0.6 is 0 Å². The monoisotopic (exact) mass is 276 g/mol. The summed E-state index contributed by atoms with van der Waals surface area (Å²) in [5.74, 6) is 1.12. The van der Waals surface area contributed by atoms with Gasteiger partial charge in [0.25, 0.3) is 0 Å². The summed E-state index contributed by atoms with van der Waals surface area (Å²) in [6, 6.07) is 7.94. The van der Waals surface area contributed by atoms with Crippen molar-refractivity contribution in [3.8, 4) is 5.75 Å². The average molecular weight is 276 g/mol. The average Bonchev–Trinajstić information content (AvgIpc) is 2.49. The van der Waals surface area contributed by atoms with Crippen molar-refractivity contribution in [3.63, 3.8) is 0 Å². The van der Waals surface area contributed by atoms with Gasteiger partial charge in [-0.2, -0.15) is 0 Å². The van der Waals surface area contributed by atoms with Crippen molar-refractivity contribution >= 4 is 5.91 Å². The molecule has 0 aliphatic carbocycles. The minimum Gasteiger partial charge on any atom is -0.494 e. The molecular weight excluding hydrogens is 252 g/mol. The summed E-state index contributed by atoms with van der Waals surface area (Å²) in [7, 11) is 0. The van der Waals surface area contributed by atoms with Gasteiger partial charge in [-0.15, -0.1) is 0 Å². The Hall–Kier alpha value is -1.55. The summed E-state index contributed by atoms with van der Waals surface area (Å²) in [6.45, 7) is 6.47. The molecule has 1 aromatic carbocycles. The lowest BCUT2D eigenvalue weighted by Gasteiger charge is -2.24. The van der Waals surface area contributed by atoms with Crippen LogP contribution in [0.25, 0.3) is 0 Å². The van der Waals surface area contributed by atoms with Crippen molar-refractivity contribution in [1.82, 2.24) is 10.6 Å². The number of ether oxygens (including phenoxy) is 1. The fourth-order valence-electron chi connectivity index (χ4n) is 2.51. The summed E-state index contributed by atoms with van der Waals surface area (Å²) in [5, 5.41) is 6.37. The zero-order chi connectivity index (χ0) is 14.4. The van der Waals surface area contributed by atoms with E-state index in [2.05, 4.69) is 10.6 Å². The van der Waals surface area contributed by atoms with Crippen molar-refractivity contribution in [3.05, 3.63) is 29.8 Å². The maximum atomic E-state index is 12.2. The number of hydrogen-bond acceptors (Lipinski definition) is 3. The zero-order valence-electron chi connectivity index (χ0n) is 12.3. The first kappa shape index (κ1) is 14.9. The highest BCUT2D eigenvalue weighted by Crippen LogP contribution is 2.19. The summed E-state index contributed by atoms with van der Waals surface area (Å²) in [5.41, 5.74) is 1.10. The highest BCUT2D eigenvalue weighted by Gasteiger charge is 2.22. The minimum absolute atomic E-state index is 0.0279. The lowest BCUT2D eigenvalue weighted by atomic mass is 9.98. The summed E-state index contributed by atoms with van der Waals surface area (Å²) >= 11 is 0. The third kappa shape index (κ3) is 3.97. The minimum atomic E-state index is 0.0279. The number of amides is 1. The Morgan fingerprint density at radius 2 is 2.20 bits per heavy atom. The molecule has 1 aromatic rings. The first-order valence-electron chi connectivity index (χ1n) is 7.44. The van der Waals surface area contributed by atoms with Gasteiger partial charge in [-0.05, 0) is 50.9 Å². The Labute approximate surface area is 120 Å². The number of hydrogen-bond donors (Lipinski definition) is 2. The highest BCUT2D eigenvalue weighted by atomic mass is 16.5. The van der Waals surface area contributed by atoms with Gasteiger partial charge in [-0.1, -0.05) is 12.1 Å². The van der Waals surface area contributed by atoms with Gasteiger partial charge in [0, 0.05) is 6.54 Å². The summed E-state index contributed by atoms with van der Waals surface area (Å²) in [6.07, 6.45) is 2.06. The fraction of sp³-hybridized carbons (Fsp3) is 0.562. The van der Waals surface area contributed by atoms with Gasteiger partial charge >= 0.3 is 0 Å². The molecule has 2 unspecified atom stereocenters. The molecule has 1 aliphatic heterocycles. The molecule has 2 atom stereocenters. The van der Waals surface area contributed by atoms with Gasteiger partial charge < -0.3 is 15.4 Å². The van der Waals surface area contributed by atoms with E-state index in [0.29, 0.717) is 6.61 Å². The number of rotatable bonds is 5. The number of piperidine rings is 1. The molecule has 4 nitrogen and oxygen atoms in total. The summed E-state index contributed by atoms with van der Waals surface area (Å²) < 4.78 is 5.42. The fourth-order valence-corrected chi connectivity index (χ4v) is 2.51. The maximum absolute atomic E-state index is 12.2. The molecule has 1 amide bonds. The van der Waals surface area contributed by atoms with Crippen LogP contribution in [0, 0.1) is 5.92 Å². The normalized spacial score (nSPS) is 20.2. The molecule has 0 saturated carbocycles. The largest absolute Gasteiger partial charge is 0.494 e. The summed E-state index contributed by atoms with van der Waals surface area (Å²) in [4.78, 5) is 12.2. The molecule has 110 valence electrons. The van der Waals surface area contributed by atoms with Crippen LogP contribution in [0.2, 0.25) is 0 Å². The molecule has 1 aliphatic rings. The number of benzene rings is 1. The molecule has 4 heteroatoms. The van der Waals surface area contributed by atoms with Gasteiger partial charge in [0.1, 0.15) is 5.75 Å². The molecule has 0 aromatic heterocycles. The van der Waals surface area contributed by atoms with Gasteiger partial charge in [-0.25, -0.2) is 0 Å². The van der Waals surface area contributed by atoms with E-state index in [9.17, 15) is 4.79 Å². The van der Waals surface area contributed by atoms with Crippen LogP contribution in [0.15, 0.2) is 24.3 Å². The first-order valence-corrected chi connectivity index (χ1v) is 7.44. The second-order valence-corrected chi connectivity index (χ2v) is 5.28. The molecule has 2 rings (SSSR count). The topological polar surface area (TPSA) is 50.4 Å².